The van der Waals surface area contributed by atoms with E-state index in [2.05, 4.69) is 20.9 Å². The van der Waals surface area contributed by atoms with Gasteiger partial charge in [0.25, 0.3) is 5.91 Å². The molecule has 132 valence electrons. The molecule has 1 aromatic heterocycles. The van der Waals surface area contributed by atoms with E-state index in [4.69, 9.17) is 11.6 Å². The molecule has 1 aliphatic rings. The third-order valence-electron chi connectivity index (χ3n) is 4.67. The molecule has 1 amide bonds. The lowest BCUT2D eigenvalue weighted by molar-refractivity contribution is -0.136. The van der Waals surface area contributed by atoms with Gasteiger partial charge in [0.1, 0.15) is 6.04 Å². The van der Waals surface area contributed by atoms with Crippen LogP contribution in [-0.2, 0) is 17.8 Å². The molecule has 0 N–H and O–H groups in total. The van der Waals surface area contributed by atoms with Gasteiger partial charge in [-0.05, 0) is 41.8 Å². The van der Waals surface area contributed by atoms with Crippen LogP contribution < -0.4 is 0 Å². The molecule has 4 nitrogen and oxygen atoms in total. The Labute approximate surface area is 165 Å². The van der Waals surface area contributed by atoms with Crippen molar-refractivity contribution in [1.29, 1.82) is 0 Å². The number of fused-ring (bicyclic) bond motifs is 1. The number of hydrogen-bond donors (Lipinski definition) is 0. The molecule has 0 fully saturated rings. The normalized spacial score (nSPS) is 16.6. The molecule has 0 radical (unpaired) electrons. The predicted octanol–water partition coefficient (Wildman–Crippen LogP) is 4.47. The first kappa shape index (κ1) is 17.3. The number of amides is 1. The third-order valence-corrected chi connectivity index (χ3v) is 5.42. The molecule has 1 atom stereocenters. The van der Waals surface area contributed by atoms with E-state index in [0.29, 0.717) is 13.1 Å². The fourth-order valence-electron chi connectivity index (χ4n) is 3.34. The monoisotopic (exact) mass is 429 g/mol. The van der Waals surface area contributed by atoms with Crippen molar-refractivity contribution in [1.82, 2.24) is 14.5 Å². The number of imidazole rings is 1. The molecule has 2 heterocycles. The molecule has 26 heavy (non-hydrogen) atoms. The van der Waals surface area contributed by atoms with Crippen LogP contribution in [-0.4, -0.2) is 26.9 Å². The van der Waals surface area contributed by atoms with Crippen LogP contribution in [0.5, 0.6) is 0 Å². The summed E-state index contributed by atoms with van der Waals surface area (Å²) in [4.78, 5) is 19.4. The second-order valence-electron chi connectivity index (χ2n) is 6.39. The van der Waals surface area contributed by atoms with Crippen molar-refractivity contribution in [3.8, 4) is 0 Å². The van der Waals surface area contributed by atoms with Gasteiger partial charge in [0.15, 0.2) is 0 Å². The van der Waals surface area contributed by atoms with Gasteiger partial charge in [0, 0.05) is 22.2 Å². The molecule has 0 saturated carbocycles. The number of halogens is 2. The molecule has 0 bridgehead atoms. The van der Waals surface area contributed by atoms with Crippen molar-refractivity contribution in [2.75, 3.05) is 6.54 Å². The maximum Gasteiger partial charge on any atom is 0.250 e. The third kappa shape index (κ3) is 3.41. The van der Waals surface area contributed by atoms with Gasteiger partial charge in [-0.2, -0.15) is 0 Å². The highest BCUT2D eigenvalue weighted by Crippen LogP contribution is 2.30. The standard InChI is InChI=1S/C20H17BrClN3O/c21-16-3-1-2-15(10-16)19-20(26)24(12-18-11-23-13-25(18)19)9-8-14-4-6-17(22)7-5-14/h1-7,10-11,13,19H,8-9,12H2. The van der Waals surface area contributed by atoms with Gasteiger partial charge in [0.05, 0.1) is 18.6 Å². The van der Waals surface area contributed by atoms with Gasteiger partial charge in [-0.25, -0.2) is 4.98 Å². The fraction of sp³-hybridized carbons (Fsp3) is 0.200. The van der Waals surface area contributed by atoms with E-state index in [-0.39, 0.29) is 11.9 Å². The first-order chi connectivity index (χ1) is 12.6. The zero-order valence-electron chi connectivity index (χ0n) is 14.0. The zero-order chi connectivity index (χ0) is 18.1. The highest BCUT2D eigenvalue weighted by molar-refractivity contribution is 9.10. The summed E-state index contributed by atoms with van der Waals surface area (Å²) < 4.78 is 2.94. The van der Waals surface area contributed by atoms with Gasteiger partial charge < -0.3 is 9.47 Å². The van der Waals surface area contributed by atoms with Crippen LogP contribution in [0, 0.1) is 0 Å². The Morgan fingerprint density at radius 1 is 1.19 bits per heavy atom. The first-order valence-corrected chi connectivity index (χ1v) is 9.58. The van der Waals surface area contributed by atoms with E-state index < -0.39 is 0 Å². The number of aromatic nitrogens is 2. The van der Waals surface area contributed by atoms with Crippen LogP contribution in [0.1, 0.15) is 22.9 Å². The molecular weight excluding hydrogens is 414 g/mol. The van der Waals surface area contributed by atoms with Crippen molar-refractivity contribution < 1.29 is 4.79 Å². The second-order valence-corrected chi connectivity index (χ2v) is 7.74. The van der Waals surface area contributed by atoms with Crippen molar-refractivity contribution in [3.63, 3.8) is 0 Å². The molecule has 1 aliphatic heterocycles. The minimum absolute atomic E-state index is 0.0996. The molecule has 1 unspecified atom stereocenters. The summed E-state index contributed by atoms with van der Waals surface area (Å²) >= 11 is 9.45. The quantitative estimate of drug-likeness (QED) is 0.612. The Kier molecular flexibility index (Phi) is 4.83. The lowest BCUT2D eigenvalue weighted by Crippen LogP contribution is -2.43. The zero-order valence-corrected chi connectivity index (χ0v) is 16.3. The van der Waals surface area contributed by atoms with Crippen molar-refractivity contribution in [2.45, 2.75) is 19.0 Å². The van der Waals surface area contributed by atoms with E-state index in [0.717, 1.165) is 27.2 Å². The number of carbonyl (C=O) groups excluding carboxylic acids is 1. The molecule has 0 aliphatic carbocycles. The molecule has 3 aromatic rings. The van der Waals surface area contributed by atoms with Crippen LogP contribution in [0.2, 0.25) is 5.02 Å². The smallest absolute Gasteiger partial charge is 0.250 e. The van der Waals surface area contributed by atoms with Crippen LogP contribution in [0.4, 0.5) is 0 Å². The maximum absolute atomic E-state index is 13.2. The molecule has 2 aromatic carbocycles. The molecular formula is C20H17BrClN3O. The van der Waals surface area contributed by atoms with Crippen LogP contribution in [0.3, 0.4) is 0 Å². The minimum Gasteiger partial charge on any atom is -0.334 e. The minimum atomic E-state index is -0.371. The first-order valence-electron chi connectivity index (χ1n) is 8.41. The average Bonchev–Trinajstić information content (AvgIpc) is 3.09. The van der Waals surface area contributed by atoms with E-state index in [1.807, 2.05) is 64.2 Å². The van der Waals surface area contributed by atoms with Crippen molar-refractivity contribution in [3.05, 3.63) is 87.4 Å². The predicted molar refractivity (Wildman–Crippen MR) is 105 cm³/mol. The number of benzene rings is 2. The summed E-state index contributed by atoms with van der Waals surface area (Å²) in [6.07, 6.45) is 4.38. The Hall–Kier alpha value is -2.11. The highest BCUT2D eigenvalue weighted by Gasteiger charge is 2.33. The number of carbonyl (C=O) groups is 1. The summed E-state index contributed by atoms with van der Waals surface area (Å²) in [5.41, 5.74) is 3.17. The Morgan fingerprint density at radius 2 is 2.00 bits per heavy atom. The average molecular weight is 431 g/mol. The molecule has 0 spiro atoms. The fourth-order valence-corrected chi connectivity index (χ4v) is 3.88. The van der Waals surface area contributed by atoms with E-state index in [9.17, 15) is 4.79 Å². The molecule has 0 saturated heterocycles. The van der Waals surface area contributed by atoms with Gasteiger partial charge in [0.2, 0.25) is 0 Å². The van der Waals surface area contributed by atoms with Crippen molar-refractivity contribution >= 4 is 33.4 Å². The van der Waals surface area contributed by atoms with Crippen LogP contribution in [0.15, 0.2) is 65.5 Å². The summed E-state index contributed by atoms with van der Waals surface area (Å²) in [5.74, 6) is 0.0996. The van der Waals surface area contributed by atoms with Crippen LogP contribution >= 0.6 is 27.5 Å². The summed E-state index contributed by atoms with van der Waals surface area (Å²) in [7, 11) is 0. The topological polar surface area (TPSA) is 38.1 Å². The second kappa shape index (κ2) is 7.25. The van der Waals surface area contributed by atoms with Gasteiger partial charge >= 0.3 is 0 Å². The Morgan fingerprint density at radius 3 is 2.77 bits per heavy atom. The molecule has 4 rings (SSSR count). The highest BCUT2D eigenvalue weighted by atomic mass is 79.9. The summed E-state index contributed by atoms with van der Waals surface area (Å²) in [6.45, 7) is 1.24. The lowest BCUT2D eigenvalue weighted by Gasteiger charge is -2.34. The summed E-state index contributed by atoms with van der Waals surface area (Å²) in [5, 5.41) is 0.724. The van der Waals surface area contributed by atoms with E-state index in [1.54, 1.807) is 6.33 Å². The van der Waals surface area contributed by atoms with E-state index >= 15 is 0 Å². The van der Waals surface area contributed by atoms with E-state index in [1.165, 1.54) is 5.56 Å². The Balaban J connectivity index is 1.60. The van der Waals surface area contributed by atoms with Crippen LogP contribution in [0.25, 0.3) is 0 Å². The Bertz CT molecular complexity index is 938. The largest absolute Gasteiger partial charge is 0.334 e. The number of nitrogens with zero attached hydrogens (tertiary/aromatic N) is 3. The molecule has 6 heteroatoms. The van der Waals surface area contributed by atoms with Gasteiger partial charge in [-0.3, -0.25) is 4.79 Å². The maximum atomic E-state index is 13.2. The number of rotatable bonds is 4. The summed E-state index contributed by atoms with van der Waals surface area (Å²) in [6, 6.07) is 15.3. The van der Waals surface area contributed by atoms with Gasteiger partial charge in [-0.15, -0.1) is 0 Å². The lowest BCUT2D eigenvalue weighted by atomic mass is 10.0. The number of hydrogen-bond acceptors (Lipinski definition) is 2. The van der Waals surface area contributed by atoms with Gasteiger partial charge in [-0.1, -0.05) is 51.8 Å². The SMILES string of the molecule is O=C1C(c2cccc(Br)c2)n2cncc2CN1CCc1ccc(Cl)cc1. The van der Waals surface area contributed by atoms with Crippen molar-refractivity contribution in [2.24, 2.45) is 0 Å².